The molecule has 1 aromatic heterocycles. The van der Waals surface area contributed by atoms with Crippen molar-refractivity contribution < 1.29 is 0 Å². The predicted molar refractivity (Wildman–Crippen MR) is 61.1 cm³/mol. The fraction of sp³-hybridized carbons (Fsp3) is 0.700. The van der Waals surface area contributed by atoms with Crippen LogP contribution in [-0.4, -0.2) is 15.7 Å². The SMILES string of the molecule is Cc1c(Cl)cnn1CCC(C)CCCl. The number of aryl methyl sites for hydroxylation is 1. The van der Waals surface area contributed by atoms with E-state index in [0.717, 1.165) is 36.0 Å². The van der Waals surface area contributed by atoms with Crippen LogP contribution in [0.1, 0.15) is 25.5 Å². The second-order valence-corrected chi connectivity index (χ2v) is 4.46. The maximum atomic E-state index is 5.90. The molecule has 0 N–H and O–H groups in total. The third kappa shape index (κ3) is 3.18. The molecule has 1 rings (SSSR count). The van der Waals surface area contributed by atoms with Gasteiger partial charge in [0.05, 0.1) is 16.9 Å². The van der Waals surface area contributed by atoms with Gasteiger partial charge >= 0.3 is 0 Å². The fourth-order valence-corrected chi connectivity index (χ4v) is 1.84. The molecule has 0 saturated carbocycles. The maximum absolute atomic E-state index is 5.90. The second kappa shape index (κ2) is 5.62. The van der Waals surface area contributed by atoms with Crippen molar-refractivity contribution in [3.8, 4) is 0 Å². The van der Waals surface area contributed by atoms with Crippen LogP contribution in [0.3, 0.4) is 0 Å². The summed E-state index contributed by atoms with van der Waals surface area (Å²) < 4.78 is 1.95. The Morgan fingerprint density at radius 3 is 2.71 bits per heavy atom. The molecule has 0 radical (unpaired) electrons. The molecule has 0 fully saturated rings. The number of halogens is 2. The maximum Gasteiger partial charge on any atom is 0.0814 e. The van der Waals surface area contributed by atoms with Crippen molar-refractivity contribution in [2.24, 2.45) is 5.92 Å². The van der Waals surface area contributed by atoms with Gasteiger partial charge in [0.15, 0.2) is 0 Å². The molecule has 0 bridgehead atoms. The molecule has 1 atom stereocenters. The zero-order chi connectivity index (χ0) is 10.6. The summed E-state index contributed by atoms with van der Waals surface area (Å²) in [5, 5.41) is 4.94. The Balaban J connectivity index is 2.41. The molecule has 1 heterocycles. The zero-order valence-corrected chi connectivity index (χ0v) is 10.1. The molecule has 1 unspecified atom stereocenters. The van der Waals surface area contributed by atoms with Gasteiger partial charge in [-0.05, 0) is 25.7 Å². The second-order valence-electron chi connectivity index (χ2n) is 3.67. The lowest BCUT2D eigenvalue weighted by Gasteiger charge is -2.10. The standard InChI is InChI=1S/C10H16Cl2N2/c1-8(3-5-11)4-6-14-9(2)10(12)7-13-14/h7-8H,3-6H2,1-2H3. The molecule has 0 aliphatic carbocycles. The van der Waals surface area contributed by atoms with Crippen LogP contribution >= 0.6 is 23.2 Å². The molecule has 14 heavy (non-hydrogen) atoms. The van der Waals surface area contributed by atoms with Crippen molar-refractivity contribution >= 4 is 23.2 Å². The third-order valence-electron chi connectivity index (χ3n) is 2.48. The average Bonchev–Trinajstić information content (AvgIpc) is 2.46. The lowest BCUT2D eigenvalue weighted by Crippen LogP contribution is -2.07. The van der Waals surface area contributed by atoms with Crippen LogP contribution in [0.25, 0.3) is 0 Å². The van der Waals surface area contributed by atoms with E-state index in [9.17, 15) is 0 Å². The Labute approximate surface area is 95.2 Å². The van der Waals surface area contributed by atoms with Crippen LogP contribution in [0.5, 0.6) is 0 Å². The van der Waals surface area contributed by atoms with Crippen molar-refractivity contribution in [2.75, 3.05) is 5.88 Å². The molecule has 0 aliphatic heterocycles. The highest BCUT2D eigenvalue weighted by molar-refractivity contribution is 6.31. The predicted octanol–water partition coefficient (Wildman–Crippen LogP) is 3.50. The van der Waals surface area contributed by atoms with Gasteiger partial charge in [0.25, 0.3) is 0 Å². The Hall–Kier alpha value is -0.210. The van der Waals surface area contributed by atoms with E-state index >= 15 is 0 Å². The van der Waals surface area contributed by atoms with Crippen LogP contribution < -0.4 is 0 Å². The average molecular weight is 235 g/mol. The van der Waals surface area contributed by atoms with E-state index in [4.69, 9.17) is 23.2 Å². The molecular weight excluding hydrogens is 219 g/mol. The highest BCUT2D eigenvalue weighted by atomic mass is 35.5. The molecule has 0 aromatic carbocycles. The van der Waals surface area contributed by atoms with Gasteiger partial charge in [0, 0.05) is 12.4 Å². The van der Waals surface area contributed by atoms with Crippen LogP contribution in [0.15, 0.2) is 6.20 Å². The Bertz CT molecular complexity index is 284. The number of aromatic nitrogens is 2. The molecule has 0 amide bonds. The van der Waals surface area contributed by atoms with E-state index in [1.165, 1.54) is 0 Å². The van der Waals surface area contributed by atoms with Gasteiger partial charge in [-0.15, -0.1) is 11.6 Å². The van der Waals surface area contributed by atoms with Crippen molar-refractivity contribution in [1.29, 1.82) is 0 Å². The van der Waals surface area contributed by atoms with Gasteiger partial charge in [-0.2, -0.15) is 5.10 Å². The van der Waals surface area contributed by atoms with E-state index in [2.05, 4.69) is 12.0 Å². The van der Waals surface area contributed by atoms with Crippen molar-refractivity contribution in [2.45, 2.75) is 33.2 Å². The summed E-state index contributed by atoms with van der Waals surface area (Å²) in [7, 11) is 0. The van der Waals surface area contributed by atoms with Crippen LogP contribution in [-0.2, 0) is 6.54 Å². The Morgan fingerprint density at radius 1 is 1.50 bits per heavy atom. The minimum absolute atomic E-state index is 0.648. The fourth-order valence-electron chi connectivity index (χ4n) is 1.32. The molecule has 0 spiro atoms. The van der Waals surface area contributed by atoms with Crippen LogP contribution in [0.2, 0.25) is 5.02 Å². The molecular formula is C10H16Cl2N2. The van der Waals surface area contributed by atoms with Gasteiger partial charge in [-0.25, -0.2) is 0 Å². The van der Waals surface area contributed by atoms with Gasteiger partial charge in [0.2, 0.25) is 0 Å². The van der Waals surface area contributed by atoms with E-state index < -0.39 is 0 Å². The minimum Gasteiger partial charge on any atom is -0.268 e. The number of rotatable bonds is 5. The first-order valence-corrected chi connectivity index (χ1v) is 5.80. The van der Waals surface area contributed by atoms with Gasteiger partial charge in [0.1, 0.15) is 0 Å². The third-order valence-corrected chi connectivity index (χ3v) is 3.07. The number of nitrogens with zero attached hydrogens (tertiary/aromatic N) is 2. The molecule has 4 heteroatoms. The summed E-state index contributed by atoms with van der Waals surface area (Å²) in [5.74, 6) is 1.38. The number of hydrogen-bond donors (Lipinski definition) is 0. The summed E-state index contributed by atoms with van der Waals surface area (Å²) in [6, 6.07) is 0. The summed E-state index contributed by atoms with van der Waals surface area (Å²) >= 11 is 11.6. The lowest BCUT2D eigenvalue weighted by atomic mass is 10.1. The molecule has 0 aliphatic rings. The van der Waals surface area contributed by atoms with E-state index in [1.54, 1.807) is 6.20 Å². The highest BCUT2D eigenvalue weighted by Crippen LogP contribution is 2.15. The monoisotopic (exact) mass is 234 g/mol. The van der Waals surface area contributed by atoms with Crippen LogP contribution in [0.4, 0.5) is 0 Å². The van der Waals surface area contributed by atoms with Gasteiger partial charge in [-0.3, -0.25) is 4.68 Å². The smallest absolute Gasteiger partial charge is 0.0814 e. The molecule has 1 aromatic rings. The van der Waals surface area contributed by atoms with Crippen molar-refractivity contribution in [3.05, 3.63) is 16.9 Å². The highest BCUT2D eigenvalue weighted by Gasteiger charge is 2.06. The topological polar surface area (TPSA) is 17.8 Å². The Morgan fingerprint density at radius 2 is 2.21 bits per heavy atom. The summed E-state index contributed by atoms with van der Waals surface area (Å²) in [4.78, 5) is 0. The van der Waals surface area contributed by atoms with Crippen molar-refractivity contribution in [3.63, 3.8) is 0 Å². The number of hydrogen-bond acceptors (Lipinski definition) is 1. The first-order chi connectivity index (χ1) is 6.65. The largest absolute Gasteiger partial charge is 0.268 e. The molecule has 80 valence electrons. The summed E-state index contributed by atoms with van der Waals surface area (Å²) in [6.45, 7) is 5.13. The normalized spacial score (nSPS) is 13.1. The summed E-state index contributed by atoms with van der Waals surface area (Å²) in [6.07, 6.45) is 3.87. The van der Waals surface area contributed by atoms with E-state index in [1.807, 2.05) is 11.6 Å². The van der Waals surface area contributed by atoms with Gasteiger partial charge in [-0.1, -0.05) is 18.5 Å². The minimum atomic E-state index is 0.648. The molecule has 0 saturated heterocycles. The van der Waals surface area contributed by atoms with E-state index in [0.29, 0.717) is 5.92 Å². The quantitative estimate of drug-likeness (QED) is 0.714. The molecule has 2 nitrogen and oxygen atoms in total. The first-order valence-electron chi connectivity index (χ1n) is 4.89. The number of alkyl halides is 1. The van der Waals surface area contributed by atoms with Gasteiger partial charge < -0.3 is 0 Å². The summed E-state index contributed by atoms with van der Waals surface area (Å²) in [5.41, 5.74) is 1.05. The zero-order valence-electron chi connectivity index (χ0n) is 8.63. The lowest BCUT2D eigenvalue weighted by molar-refractivity contribution is 0.445. The Kier molecular flexibility index (Phi) is 4.76. The van der Waals surface area contributed by atoms with E-state index in [-0.39, 0.29) is 0 Å². The van der Waals surface area contributed by atoms with Crippen LogP contribution in [0, 0.1) is 12.8 Å². The first kappa shape index (κ1) is 11.9. The van der Waals surface area contributed by atoms with Crippen molar-refractivity contribution in [1.82, 2.24) is 9.78 Å².